The van der Waals surface area contributed by atoms with E-state index in [2.05, 4.69) is 10.2 Å². The van der Waals surface area contributed by atoms with Gasteiger partial charge in [-0.25, -0.2) is 8.42 Å². The zero-order valence-electron chi connectivity index (χ0n) is 11.2. The first-order valence-corrected chi connectivity index (χ1v) is 7.01. The van der Waals surface area contributed by atoms with Crippen LogP contribution in [0.4, 0.5) is 0 Å². The summed E-state index contributed by atoms with van der Waals surface area (Å²) in [5.74, 6) is -0.303. The molecule has 0 aliphatic rings. The Morgan fingerprint density at radius 3 is 2.63 bits per heavy atom. The van der Waals surface area contributed by atoms with Crippen LogP contribution in [0, 0.1) is 0 Å². The lowest BCUT2D eigenvalue weighted by molar-refractivity contribution is -0.128. The van der Waals surface area contributed by atoms with Crippen LogP contribution in [0.25, 0.3) is 0 Å². The normalized spacial score (nSPS) is 11.8. The van der Waals surface area contributed by atoms with E-state index < -0.39 is 10.0 Å². The van der Waals surface area contributed by atoms with Crippen molar-refractivity contribution in [3.05, 3.63) is 12.4 Å². The average molecular weight is 290 g/mol. The maximum Gasteiger partial charge on any atom is 0.246 e. The zero-order valence-corrected chi connectivity index (χ0v) is 12.0. The Bertz CT molecular complexity index is 498. The van der Waals surface area contributed by atoms with E-state index in [0.29, 0.717) is 0 Å². The molecule has 1 rings (SSSR count). The van der Waals surface area contributed by atoms with Crippen LogP contribution in [0.15, 0.2) is 17.3 Å². The SMILES string of the molecule is COCCN(CC(=O)N(C)C)S(=O)(=O)c1cn[nH]c1. The monoisotopic (exact) mass is 290 g/mol. The summed E-state index contributed by atoms with van der Waals surface area (Å²) in [6.45, 7) is 0.0747. The molecule has 0 aliphatic carbocycles. The fraction of sp³-hybridized carbons (Fsp3) is 0.600. The van der Waals surface area contributed by atoms with Crippen molar-refractivity contribution < 1.29 is 17.9 Å². The largest absolute Gasteiger partial charge is 0.383 e. The average Bonchev–Trinajstić information content (AvgIpc) is 2.88. The Kier molecular flexibility index (Phi) is 5.45. The molecule has 0 saturated heterocycles. The number of H-pyrrole nitrogens is 1. The lowest BCUT2D eigenvalue weighted by Gasteiger charge is -2.22. The Labute approximate surface area is 112 Å². The van der Waals surface area contributed by atoms with Gasteiger partial charge in [-0.2, -0.15) is 9.40 Å². The first-order chi connectivity index (χ1) is 8.89. The molecule has 1 aromatic heterocycles. The Morgan fingerprint density at radius 2 is 2.16 bits per heavy atom. The molecule has 0 aliphatic heterocycles. The van der Waals surface area contributed by atoms with Crippen molar-refractivity contribution in [2.45, 2.75) is 4.90 Å². The van der Waals surface area contributed by atoms with Gasteiger partial charge in [-0.3, -0.25) is 9.89 Å². The minimum atomic E-state index is -3.75. The molecule has 9 heteroatoms. The number of hydrogen-bond acceptors (Lipinski definition) is 5. The van der Waals surface area contributed by atoms with E-state index in [9.17, 15) is 13.2 Å². The number of hydrogen-bond donors (Lipinski definition) is 1. The van der Waals surface area contributed by atoms with Gasteiger partial charge in [-0.15, -0.1) is 0 Å². The number of likely N-dealkylation sites (N-methyl/N-ethyl adjacent to an activating group) is 1. The Hall–Kier alpha value is -1.45. The van der Waals surface area contributed by atoms with Crippen molar-refractivity contribution in [3.8, 4) is 0 Å². The number of nitrogens with one attached hydrogen (secondary N) is 1. The molecule has 1 amide bonds. The van der Waals surface area contributed by atoms with Crippen molar-refractivity contribution in [2.24, 2.45) is 0 Å². The van der Waals surface area contributed by atoms with Crippen LogP contribution < -0.4 is 0 Å². The first kappa shape index (κ1) is 15.6. The summed E-state index contributed by atoms with van der Waals surface area (Å²) in [6, 6.07) is 0. The van der Waals surface area contributed by atoms with Crippen molar-refractivity contribution in [1.29, 1.82) is 0 Å². The number of carbonyl (C=O) groups is 1. The van der Waals surface area contributed by atoms with Gasteiger partial charge in [0.05, 0.1) is 19.3 Å². The molecule has 1 N–H and O–H groups in total. The second kappa shape index (κ2) is 6.64. The highest BCUT2D eigenvalue weighted by Crippen LogP contribution is 2.13. The number of ether oxygens (including phenoxy) is 1. The summed E-state index contributed by atoms with van der Waals surface area (Å²) in [5.41, 5.74) is 0. The van der Waals surface area contributed by atoms with Gasteiger partial charge in [0, 0.05) is 33.9 Å². The van der Waals surface area contributed by atoms with E-state index in [4.69, 9.17) is 4.74 Å². The van der Waals surface area contributed by atoms with E-state index in [1.54, 1.807) is 14.1 Å². The number of methoxy groups -OCH3 is 1. The number of carbonyl (C=O) groups excluding carboxylic acids is 1. The lowest BCUT2D eigenvalue weighted by atomic mass is 10.5. The fourth-order valence-electron chi connectivity index (χ4n) is 1.30. The number of nitrogens with zero attached hydrogens (tertiary/aromatic N) is 3. The summed E-state index contributed by atoms with van der Waals surface area (Å²) in [5, 5.41) is 6.05. The van der Waals surface area contributed by atoms with Gasteiger partial charge in [0.25, 0.3) is 0 Å². The topological polar surface area (TPSA) is 95.6 Å². The van der Waals surface area contributed by atoms with Crippen LogP contribution in [0.1, 0.15) is 0 Å². The molecule has 0 aromatic carbocycles. The van der Waals surface area contributed by atoms with Crippen LogP contribution in [0.3, 0.4) is 0 Å². The third kappa shape index (κ3) is 4.01. The maximum atomic E-state index is 12.3. The lowest BCUT2D eigenvalue weighted by Crippen LogP contribution is -2.41. The highest BCUT2D eigenvalue weighted by molar-refractivity contribution is 7.89. The summed E-state index contributed by atoms with van der Waals surface area (Å²) in [7, 11) is 0.864. The molecule has 0 spiro atoms. The van der Waals surface area contributed by atoms with Gasteiger partial charge in [0.2, 0.25) is 15.9 Å². The Balaban J connectivity index is 2.93. The van der Waals surface area contributed by atoms with Gasteiger partial charge in [-0.1, -0.05) is 0 Å². The maximum absolute atomic E-state index is 12.3. The summed E-state index contributed by atoms with van der Waals surface area (Å²) in [4.78, 5) is 13.0. The van der Waals surface area contributed by atoms with Crippen LogP contribution >= 0.6 is 0 Å². The second-order valence-electron chi connectivity index (χ2n) is 4.05. The molecule has 108 valence electrons. The van der Waals surface area contributed by atoms with Gasteiger partial charge in [-0.05, 0) is 0 Å². The number of rotatable bonds is 7. The first-order valence-electron chi connectivity index (χ1n) is 5.57. The van der Waals surface area contributed by atoms with Crippen molar-refractivity contribution in [1.82, 2.24) is 19.4 Å². The molecule has 1 heterocycles. The standard InChI is InChI=1S/C10H18N4O4S/c1-13(2)10(15)8-14(4-5-18-3)19(16,17)9-6-11-12-7-9/h6-7H,4-5,8H2,1-3H3,(H,11,12). The smallest absolute Gasteiger partial charge is 0.246 e. The quantitative estimate of drug-likeness (QED) is 0.704. The number of aromatic amines is 1. The van der Waals surface area contributed by atoms with Crippen LogP contribution in [0.5, 0.6) is 0 Å². The van der Waals surface area contributed by atoms with E-state index in [0.717, 1.165) is 4.31 Å². The highest BCUT2D eigenvalue weighted by Gasteiger charge is 2.27. The van der Waals surface area contributed by atoms with Crippen molar-refractivity contribution >= 4 is 15.9 Å². The molecule has 8 nitrogen and oxygen atoms in total. The van der Waals surface area contributed by atoms with Crippen LogP contribution in [-0.4, -0.2) is 74.6 Å². The van der Waals surface area contributed by atoms with Gasteiger partial charge >= 0.3 is 0 Å². The van der Waals surface area contributed by atoms with Gasteiger partial charge < -0.3 is 9.64 Å². The molecule has 0 atom stereocenters. The molecule has 1 aromatic rings. The van der Waals surface area contributed by atoms with Crippen LogP contribution in [-0.2, 0) is 19.6 Å². The van der Waals surface area contributed by atoms with Crippen LogP contribution in [0.2, 0.25) is 0 Å². The fourth-order valence-corrected chi connectivity index (χ4v) is 2.58. The summed E-state index contributed by atoms with van der Waals surface area (Å²) in [6.07, 6.45) is 2.48. The van der Waals surface area contributed by atoms with Crippen molar-refractivity contribution in [3.63, 3.8) is 0 Å². The molecule has 0 fully saturated rings. The third-order valence-corrected chi connectivity index (χ3v) is 4.28. The summed E-state index contributed by atoms with van der Waals surface area (Å²) < 4.78 is 30.5. The van der Waals surface area contributed by atoms with E-state index in [-0.39, 0.29) is 30.5 Å². The molecule has 0 unspecified atom stereocenters. The number of amides is 1. The molecule has 0 bridgehead atoms. The zero-order chi connectivity index (χ0) is 14.5. The minimum absolute atomic E-state index is 0.0233. The number of aromatic nitrogens is 2. The molecular weight excluding hydrogens is 272 g/mol. The second-order valence-corrected chi connectivity index (χ2v) is 5.99. The molecule has 0 saturated carbocycles. The predicted molar refractivity (Wildman–Crippen MR) is 67.9 cm³/mol. The summed E-state index contributed by atoms with van der Waals surface area (Å²) >= 11 is 0. The van der Waals surface area contributed by atoms with Gasteiger partial charge in [0.15, 0.2) is 0 Å². The minimum Gasteiger partial charge on any atom is -0.383 e. The van der Waals surface area contributed by atoms with E-state index >= 15 is 0 Å². The Morgan fingerprint density at radius 1 is 1.47 bits per heavy atom. The third-order valence-electron chi connectivity index (χ3n) is 2.47. The predicted octanol–water partition coefficient (Wildman–Crippen LogP) is -0.865. The van der Waals surface area contributed by atoms with E-state index in [1.807, 2.05) is 0 Å². The molecule has 0 radical (unpaired) electrons. The highest BCUT2D eigenvalue weighted by atomic mass is 32.2. The van der Waals surface area contributed by atoms with Gasteiger partial charge in [0.1, 0.15) is 4.90 Å². The molecular formula is C10H18N4O4S. The van der Waals surface area contributed by atoms with E-state index in [1.165, 1.54) is 24.4 Å². The molecule has 19 heavy (non-hydrogen) atoms. The van der Waals surface area contributed by atoms with Crippen molar-refractivity contribution in [2.75, 3.05) is 40.9 Å². The number of sulfonamides is 1.